The van der Waals surface area contributed by atoms with Gasteiger partial charge < -0.3 is 15.5 Å². The molecule has 0 aromatic carbocycles. The summed E-state index contributed by atoms with van der Waals surface area (Å²) < 4.78 is 0. The third-order valence-electron chi connectivity index (χ3n) is 4.43. The highest BCUT2D eigenvalue weighted by Gasteiger charge is 2.29. The van der Waals surface area contributed by atoms with E-state index in [4.69, 9.17) is 0 Å². The molecule has 126 valence electrons. The molecule has 6 heteroatoms. The van der Waals surface area contributed by atoms with Crippen molar-refractivity contribution in [2.24, 2.45) is 5.92 Å². The summed E-state index contributed by atoms with van der Waals surface area (Å²) in [5.41, 5.74) is 0. The van der Waals surface area contributed by atoms with Crippen molar-refractivity contribution in [3.63, 3.8) is 0 Å². The molecule has 0 spiro atoms. The normalized spacial score (nSPS) is 22.8. The Morgan fingerprint density at radius 2 is 2.09 bits per heavy atom. The predicted octanol–water partition coefficient (Wildman–Crippen LogP) is 1.48. The molecule has 0 aromatic heterocycles. The van der Waals surface area contributed by atoms with Crippen LogP contribution in [0.1, 0.15) is 38.5 Å². The second kappa shape index (κ2) is 9.85. The number of amides is 2. The molecule has 1 atom stereocenters. The molecule has 1 saturated heterocycles. The molecule has 2 amide bonds. The molecule has 2 fully saturated rings. The summed E-state index contributed by atoms with van der Waals surface area (Å²) >= 11 is 0. The van der Waals surface area contributed by atoms with Crippen LogP contribution in [0.25, 0.3) is 0 Å². The van der Waals surface area contributed by atoms with Gasteiger partial charge in [-0.15, -0.1) is 19.0 Å². The molecule has 2 aliphatic rings. The van der Waals surface area contributed by atoms with Gasteiger partial charge in [-0.1, -0.05) is 25.3 Å². The molecule has 1 aliphatic heterocycles. The van der Waals surface area contributed by atoms with Crippen LogP contribution >= 0.6 is 12.4 Å². The van der Waals surface area contributed by atoms with Crippen LogP contribution in [0.4, 0.5) is 0 Å². The van der Waals surface area contributed by atoms with Crippen LogP contribution in [0.15, 0.2) is 12.7 Å². The van der Waals surface area contributed by atoms with E-state index >= 15 is 0 Å². The average Bonchev–Trinajstić information content (AvgIpc) is 2.50. The first-order valence-corrected chi connectivity index (χ1v) is 8.10. The van der Waals surface area contributed by atoms with E-state index in [0.29, 0.717) is 19.0 Å². The molecular formula is C16H28ClN3O2. The Labute approximate surface area is 139 Å². The van der Waals surface area contributed by atoms with E-state index in [1.54, 1.807) is 11.0 Å². The number of hydrogen-bond acceptors (Lipinski definition) is 3. The van der Waals surface area contributed by atoms with E-state index < -0.39 is 0 Å². The number of carbonyl (C=O) groups excluding carboxylic acids is 2. The zero-order valence-corrected chi connectivity index (χ0v) is 14.0. The number of piperazine rings is 1. The average molecular weight is 330 g/mol. The molecule has 1 aliphatic carbocycles. The third-order valence-corrected chi connectivity index (χ3v) is 4.43. The minimum atomic E-state index is -0.384. The summed E-state index contributed by atoms with van der Waals surface area (Å²) in [6.45, 7) is 6.40. The SMILES string of the molecule is C=CCN1CCNC(CC(=O)NCC2CCCCC2)C1=O.Cl. The van der Waals surface area contributed by atoms with Crippen LogP contribution < -0.4 is 10.6 Å². The number of halogens is 1. The Morgan fingerprint density at radius 3 is 2.77 bits per heavy atom. The largest absolute Gasteiger partial charge is 0.356 e. The molecule has 1 unspecified atom stereocenters. The zero-order chi connectivity index (χ0) is 15.1. The number of rotatable bonds is 6. The van der Waals surface area contributed by atoms with Crippen molar-refractivity contribution in [1.82, 2.24) is 15.5 Å². The lowest BCUT2D eigenvalue weighted by Gasteiger charge is -2.32. The van der Waals surface area contributed by atoms with Crippen molar-refractivity contribution in [3.8, 4) is 0 Å². The van der Waals surface area contributed by atoms with Crippen LogP contribution in [0.2, 0.25) is 0 Å². The maximum absolute atomic E-state index is 12.2. The zero-order valence-electron chi connectivity index (χ0n) is 13.2. The fourth-order valence-corrected chi connectivity index (χ4v) is 3.20. The van der Waals surface area contributed by atoms with Gasteiger partial charge in [0.15, 0.2) is 0 Å². The lowest BCUT2D eigenvalue weighted by molar-refractivity contribution is -0.137. The van der Waals surface area contributed by atoms with E-state index in [9.17, 15) is 9.59 Å². The smallest absolute Gasteiger partial charge is 0.240 e. The Bertz CT molecular complexity index is 384. The van der Waals surface area contributed by atoms with Crippen molar-refractivity contribution in [1.29, 1.82) is 0 Å². The van der Waals surface area contributed by atoms with Gasteiger partial charge in [0.25, 0.3) is 0 Å². The summed E-state index contributed by atoms with van der Waals surface area (Å²) in [6, 6.07) is -0.384. The number of nitrogens with zero attached hydrogens (tertiary/aromatic N) is 1. The van der Waals surface area contributed by atoms with Gasteiger partial charge in [0.2, 0.25) is 11.8 Å². The third kappa shape index (κ3) is 5.61. The van der Waals surface area contributed by atoms with Crippen LogP contribution in [-0.2, 0) is 9.59 Å². The molecule has 2 N–H and O–H groups in total. The Balaban J connectivity index is 0.00000242. The maximum atomic E-state index is 12.2. The van der Waals surface area contributed by atoms with Crippen molar-refractivity contribution in [2.75, 3.05) is 26.2 Å². The highest BCUT2D eigenvalue weighted by atomic mass is 35.5. The molecule has 0 aromatic rings. The quantitative estimate of drug-likeness (QED) is 0.726. The summed E-state index contributed by atoms with van der Waals surface area (Å²) in [7, 11) is 0. The van der Waals surface area contributed by atoms with Crippen molar-refractivity contribution in [2.45, 2.75) is 44.6 Å². The van der Waals surface area contributed by atoms with Crippen LogP contribution in [0.5, 0.6) is 0 Å². The Kier molecular flexibility index (Phi) is 8.49. The lowest BCUT2D eigenvalue weighted by Crippen LogP contribution is -2.56. The maximum Gasteiger partial charge on any atom is 0.240 e. The number of carbonyl (C=O) groups is 2. The second-order valence-corrected chi connectivity index (χ2v) is 6.09. The minimum Gasteiger partial charge on any atom is -0.356 e. The molecular weight excluding hydrogens is 302 g/mol. The fraction of sp³-hybridized carbons (Fsp3) is 0.750. The van der Waals surface area contributed by atoms with Crippen LogP contribution in [0.3, 0.4) is 0 Å². The van der Waals surface area contributed by atoms with Gasteiger partial charge in [-0.05, 0) is 18.8 Å². The van der Waals surface area contributed by atoms with Gasteiger partial charge in [0.1, 0.15) is 0 Å². The number of nitrogens with one attached hydrogen (secondary N) is 2. The Hall–Kier alpha value is -1.07. The van der Waals surface area contributed by atoms with Crippen molar-refractivity contribution in [3.05, 3.63) is 12.7 Å². The monoisotopic (exact) mass is 329 g/mol. The second-order valence-electron chi connectivity index (χ2n) is 6.09. The van der Waals surface area contributed by atoms with Gasteiger partial charge in [-0.3, -0.25) is 9.59 Å². The number of hydrogen-bond donors (Lipinski definition) is 2. The summed E-state index contributed by atoms with van der Waals surface area (Å²) in [5, 5.41) is 6.14. The Morgan fingerprint density at radius 1 is 1.36 bits per heavy atom. The molecule has 22 heavy (non-hydrogen) atoms. The fourth-order valence-electron chi connectivity index (χ4n) is 3.20. The topological polar surface area (TPSA) is 61.4 Å². The van der Waals surface area contributed by atoms with E-state index in [-0.39, 0.29) is 36.7 Å². The predicted molar refractivity (Wildman–Crippen MR) is 90.0 cm³/mol. The van der Waals surface area contributed by atoms with E-state index in [2.05, 4.69) is 17.2 Å². The summed E-state index contributed by atoms with van der Waals surface area (Å²) in [4.78, 5) is 26.0. The first kappa shape index (κ1) is 19.0. The van der Waals surface area contributed by atoms with Crippen LogP contribution in [-0.4, -0.2) is 48.9 Å². The van der Waals surface area contributed by atoms with Gasteiger partial charge in [-0.2, -0.15) is 0 Å². The molecule has 0 radical (unpaired) electrons. The molecule has 1 saturated carbocycles. The molecule has 2 rings (SSSR count). The van der Waals surface area contributed by atoms with Gasteiger partial charge in [0, 0.05) is 26.2 Å². The highest BCUT2D eigenvalue weighted by molar-refractivity contribution is 5.89. The van der Waals surface area contributed by atoms with E-state index in [1.165, 1.54) is 32.1 Å². The van der Waals surface area contributed by atoms with E-state index in [1.807, 2.05) is 0 Å². The van der Waals surface area contributed by atoms with Gasteiger partial charge in [-0.25, -0.2) is 0 Å². The minimum absolute atomic E-state index is 0. The first-order chi connectivity index (χ1) is 10.2. The lowest BCUT2D eigenvalue weighted by atomic mass is 9.89. The van der Waals surface area contributed by atoms with Gasteiger partial charge >= 0.3 is 0 Å². The van der Waals surface area contributed by atoms with Crippen LogP contribution in [0, 0.1) is 5.92 Å². The summed E-state index contributed by atoms with van der Waals surface area (Å²) in [5.74, 6) is 0.607. The summed E-state index contributed by atoms with van der Waals surface area (Å²) in [6.07, 6.45) is 8.27. The molecule has 5 nitrogen and oxygen atoms in total. The van der Waals surface area contributed by atoms with E-state index in [0.717, 1.165) is 13.1 Å². The standard InChI is InChI=1S/C16H27N3O2.ClH/c1-2-9-19-10-8-17-14(16(19)21)11-15(20)18-12-13-6-4-3-5-7-13;/h2,13-14,17H,1,3-12H2,(H,18,20);1H. The van der Waals surface area contributed by atoms with Crippen molar-refractivity contribution < 1.29 is 9.59 Å². The van der Waals surface area contributed by atoms with Crippen molar-refractivity contribution >= 4 is 24.2 Å². The molecule has 1 heterocycles. The first-order valence-electron chi connectivity index (χ1n) is 8.10. The highest BCUT2D eigenvalue weighted by Crippen LogP contribution is 2.22. The molecule has 0 bridgehead atoms. The van der Waals surface area contributed by atoms with Gasteiger partial charge in [0.05, 0.1) is 12.5 Å².